The largest absolute Gasteiger partial charge is 0.481 e. The van der Waals surface area contributed by atoms with Crippen molar-refractivity contribution >= 4 is 52.6 Å². The molecular formula is C72H132O61. The molecule has 3 fully saturated rings. The van der Waals surface area contributed by atoms with E-state index in [1.54, 1.807) is 0 Å². The molecule has 133 heavy (non-hydrogen) atoms. The fraction of sp³-hybridized carbons (Fsp3) is 0.875. The van der Waals surface area contributed by atoms with Crippen molar-refractivity contribution in [1.29, 1.82) is 0 Å². The van der Waals surface area contributed by atoms with E-state index in [0.717, 1.165) is 6.92 Å². The molecule has 61 heteroatoms. The summed E-state index contributed by atoms with van der Waals surface area (Å²) in [5, 5.41) is 456. The van der Waals surface area contributed by atoms with Gasteiger partial charge in [0.1, 0.15) is 183 Å². The summed E-state index contributed by atoms with van der Waals surface area (Å²) in [5.41, 5.74) is 0. The number of hydrogen-bond acceptors (Lipinski definition) is 58. The number of carbonyl (C=O) groups is 9. The Labute approximate surface area is 750 Å². The molecule has 45 atom stereocenters. The molecule has 0 spiro atoms. The van der Waals surface area contributed by atoms with Gasteiger partial charge in [-0.3, -0.25) is 43.2 Å². The molecule has 61 nitrogen and oxygen atoms in total. The summed E-state index contributed by atoms with van der Waals surface area (Å²) in [6.45, 7) is -6.14. The smallest absolute Gasteiger partial charge is 0.309 e. The van der Waals surface area contributed by atoms with Gasteiger partial charge in [0, 0.05) is 56.3 Å². The van der Waals surface area contributed by atoms with Gasteiger partial charge in [-0.1, -0.05) is 0 Å². The van der Waals surface area contributed by atoms with Crippen LogP contribution in [-0.4, -0.2) is 608 Å². The monoisotopic (exact) mass is 1970 g/mol. The van der Waals surface area contributed by atoms with Crippen LogP contribution in [0.15, 0.2) is 0 Å². The number of aliphatic hydroxyl groups is 46. The van der Waals surface area contributed by atoms with Crippen LogP contribution in [0.4, 0.5) is 0 Å². The van der Waals surface area contributed by atoms with Gasteiger partial charge in [0.05, 0.1) is 120 Å². The van der Waals surface area contributed by atoms with Crippen molar-refractivity contribution in [2.45, 2.75) is 291 Å². The predicted octanol–water partition coefficient (Wildman–Crippen LogP) is -28.4. The Balaban J connectivity index is -0.00000153. The summed E-state index contributed by atoms with van der Waals surface area (Å²) >= 11 is 0. The van der Waals surface area contributed by atoms with Crippen molar-refractivity contribution in [3.05, 3.63) is 0 Å². The van der Waals surface area contributed by atoms with Crippen LogP contribution in [0.25, 0.3) is 0 Å². The Kier molecular flexibility index (Phi) is 64.0. The van der Waals surface area contributed by atoms with Gasteiger partial charge in [-0.15, -0.1) is 0 Å². The van der Waals surface area contributed by atoms with Crippen LogP contribution >= 0.6 is 0 Å². The lowest BCUT2D eigenvalue weighted by Crippen LogP contribution is -2.57. The number of carboxylic acids is 3. The summed E-state index contributed by atoms with van der Waals surface area (Å²) in [6.07, 6.45) is -76.3. The first-order valence-corrected chi connectivity index (χ1v) is 39.8. The van der Waals surface area contributed by atoms with E-state index in [-0.39, 0.29) is 6.42 Å². The van der Waals surface area contributed by atoms with Gasteiger partial charge in [0.25, 0.3) is 0 Å². The maximum absolute atomic E-state index is 11.9. The minimum absolute atomic E-state index is 0.310. The molecule has 3 saturated heterocycles. The fourth-order valence-corrected chi connectivity index (χ4v) is 11.9. The van der Waals surface area contributed by atoms with Crippen LogP contribution < -0.4 is 0 Å². The number of ketones is 6. The molecule has 0 aliphatic carbocycles. The standard InChI is InChI=1S/2C13H24O12.2C13H24O11.C10H18O8.C10H18O7/c2*14-2-6(17)10(21)8(19)4(13(24)25)1-5(16)9(20)12(23)11(22)7(18)3-15;2*14-2-6(17)10(20)12(22)9(19)5(16)1-4-8(18)11(21)7(3-15)24-13(4)23;1-4(12)6(13)2-5(10(17)18)8(15)9(16)7(14)3-11;1-4(12)6(13)2-5-8(14)9(15)7(3-11)17-10(5)16/h2*4,6-12,14-15,17-23H,1-3H2,(H,24,25);2*4,6-15,17-23H,1-3H2;4-5,7-9,11-12,14-16H,2-3H2,1H3,(H,17,18);4-5,7-12,14-16H,2-3H2,1H3/t4-,6-,7-,8-,9+,10-,11-,12-;;4-,6-,7-,8-,9+,10-,11-,12-,13+;;;/m1.1.../s1. The minimum Gasteiger partial charge on any atom is -0.481 e. The van der Waals surface area contributed by atoms with Crippen LogP contribution in [0.3, 0.4) is 0 Å². The Bertz CT molecular complexity index is 3140. The Morgan fingerprint density at radius 1 is 0.226 bits per heavy atom. The van der Waals surface area contributed by atoms with Gasteiger partial charge in [-0.2, -0.15) is 0 Å². The third-order valence-electron chi connectivity index (χ3n) is 20.9. The molecule has 0 aromatic rings. The maximum atomic E-state index is 11.9. The van der Waals surface area contributed by atoms with Crippen molar-refractivity contribution in [1.82, 2.24) is 0 Å². The van der Waals surface area contributed by atoms with E-state index in [2.05, 4.69) is 0 Å². The van der Waals surface area contributed by atoms with Crippen molar-refractivity contribution in [3.8, 4) is 0 Å². The molecule has 0 bridgehead atoms. The van der Waals surface area contributed by atoms with Crippen molar-refractivity contribution in [2.75, 3.05) is 66.1 Å². The lowest BCUT2D eigenvalue weighted by molar-refractivity contribution is -0.270. The van der Waals surface area contributed by atoms with Crippen molar-refractivity contribution in [3.63, 3.8) is 0 Å². The maximum Gasteiger partial charge on any atom is 0.309 e. The topological polar surface area (TPSA) is 1170 Å². The quantitative estimate of drug-likeness (QED) is 0.0269. The number of ether oxygens (including phenoxy) is 3. The summed E-state index contributed by atoms with van der Waals surface area (Å²) in [4.78, 5) is 103. The van der Waals surface area contributed by atoms with Crippen molar-refractivity contribution in [2.24, 2.45) is 35.5 Å². The van der Waals surface area contributed by atoms with Crippen molar-refractivity contribution < 1.29 is 308 Å². The number of hydrogen-bond donors (Lipinski definition) is 49. The number of Topliss-reactive ketones (excluding diaryl/α,β-unsaturated/α-hetero) is 6. The zero-order valence-electron chi connectivity index (χ0n) is 70.6. The average molecular weight is 1970 g/mol. The summed E-state index contributed by atoms with van der Waals surface area (Å²) in [5.74, 6) is -20.8. The number of aliphatic hydroxyl groups excluding tert-OH is 46. The SMILES string of the molecule is CC(O)C(=O)CC(C(=O)O)C(O)C(O)C(O)CO.CC(O)C(=O)CC1C(O)OC(CO)C(O)C1O.O=C(CC(C(=O)O)C(O)C(O)C(O)CO)C(O)C(O)C(O)C(O)CO.O=C(CC1C(O)OC(CO)C(O)C1O)C(O)C(O)C(O)C(O)CO.O=C(C[C@@H](C(=O)O)[C@@H](O)[C@H](O)[C@H](O)CO)[C@H](O)[C@@H](O)[C@H](O)[C@H](O)CO.O=C(C[C@@H]1[C@@H](O)[C@H](O)[C@@H](CO)O[C@@H]1O)[C@H](O)[C@@H](O)[C@H](O)[C@H](O)CO. The van der Waals surface area contributed by atoms with Crippen LogP contribution in [0.5, 0.6) is 0 Å². The first-order chi connectivity index (χ1) is 61.4. The Morgan fingerprint density at radius 2 is 0.391 bits per heavy atom. The molecule has 3 heterocycles. The molecule has 3 aliphatic heterocycles. The zero-order chi connectivity index (χ0) is 105. The van der Waals surface area contributed by atoms with E-state index in [0.29, 0.717) is 0 Å². The predicted molar refractivity (Wildman–Crippen MR) is 415 cm³/mol. The Hall–Kier alpha value is -5.53. The average Bonchev–Trinajstić information content (AvgIpc) is 0.809. The highest BCUT2D eigenvalue weighted by atomic mass is 16.6. The number of aliphatic carboxylic acids is 3. The molecule has 0 saturated carbocycles. The van der Waals surface area contributed by atoms with E-state index in [1.807, 2.05) is 0 Å². The molecule has 49 N–H and O–H groups in total. The molecule has 786 valence electrons. The normalized spacial score (nSPS) is 28.8. The Morgan fingerprint density at radius 3 is 0.556 bits per heavy atom. The highest BCUT2D eigenvalue weighted by Crippen LogP contribution is 2.33. The third kappa shape index (κ3) is 41.1. The van der Waals surface area contributed by atoms with E-state index < -0.39 is 425 Å². The second-order valence-corrected chi connectivity index (χ2v) is 30.8. The summed E-state index contributed by atoms with van der Waals surface area (Å²) in [7, 11) is 0. The lowest BCUT2D eigenvalue weighted by atomic mass is 9.85. The molecule has 3 rings (SSSR count). The highest BCUT2D eigenvalue weighted by Gasteiger charge is 2.51. The molecule has 28 unspecified atom stereocenters. The zero-order valence-corrected chi connectivity index (χ0v) is 70.6. The first kappa shape index (κ1) is 132. The summed E-state index contributed by atoms with van der Waals surface area (Å²) < 4.78 is 14.6. The number of carboxylic acid groups (broad SMARTS) is 3. The van der Waals surface area contributed by atoms with E-state index in [4.69, 9.17) is 106 Å². The van der Waals surface area contributed by atoms with Crippen LogP contribution in [-0.2, 0) is 57.4 Å². The van der Waals surface area contributed by atoms with Crippen LogP contribution in [0.2, 0.25) is 0 Å². The second-order valence-electron chi connectivity index (χ2n) is 30.8. The molecule has 0 aromatic heterocycles. The molecular weight excluding hydrogens is 1840 g/mol. The third-order valence-corrected chi connectivity index (χ3v) is 20.9. The molecule has 3 aliphatic rings. The second kappa shape index (κ2) is 64.7. The lowest BCUT2D eigenvalue weighted by Gasteiger charge is -2.40. The van der Waals surface area contributed by atoms with Gasteiger partial charge in [-0.25, -0.2) is 0 Å². The number of carbonyl (C=O) groups excluding carboxylic acids is 6. The van der Waals surface area contributed by atoms with Crippen LogP contribution in [0, 0.1) is 35.5 Å². The van der Waals surface area contributed by atoms with E-state index >= 15 is 0 Å². The highest BCUT2D eigenvalue weighted by molar-refractivity contribution is 5.89. The van der Waals surface area contributed by atoms with Crippen LogP contribution in [0.1, 0.15) is 52.4 Å². The van der Waals surface area contributed by atoms with E-state index in [1.165, 1.54) is 6.92 Å². The summed E-state index contributed by atoms with van der Waals surface area (Å²) in [6, 6.07) is 0. The number of rotatable bonds is 52. The molecule has 0 aromatic carbocycles. The van der Waals surface area contributed by atoms with E-state index in [9.17, 15) is 201 Å². The molecule has 0 radical (unpaired) electrons. The fourth-order valence-electron chi connectivity index (χ4n) is 11.9. The molecule has 0 amide bonds. The van der Waals surface area contributed by atoms with Gasteiger partial charge in [0.15, 0.2) is 53.6 Å². The van der Waals surface area contributed by atoms with Gasteiger partial charge >= 0.3 is 17.9 Å². The van der Waals surface area contributed by atoms with Gasteiger partial charge in [0.2, 0.25) is 0 Å². The van der Waals surface area contributed by atoms with Gasteiger partial charge < -0.3 is 264 Å². The minimum atomic E-state index is -2.36. The van der Waals surface area contributed by atoms with Gasteiger partial charge in [-0.05, 0) is 13.8 Å². The first-order valence-electron chi connectivity index (χ1n) is 39.8.